The number of sulfonamides is 1. The summed E-state index contributed by atoms with van der Waals surface area (Å²) in [5.74, 6) is -1.22. The van der Waals surface area contributed by atoms with E-state index < -0.39 is 26.7 Å². The topological polar surface area (TPSA) is 118 Å². The van der Waals surface area contributed by atoms with Crippen molar-refractivity contribution >= 4 is 33.0 Å². The van der Waals surface area contributed by atoms with Crippen LogP contribution >= 0.6 is 0 Å². The van der Waals surface area contributed by atoms with E-state index in [4.69, 9.17) is 0 Å². The zero-order chi connectivity index (χ0) is 21.0. The standard InChI is InChI=1S/C19H14FN3O5S/c20-17-3-1-2-4-18(17)22-29(27,28)16-11-7-14(8-12-16)21-19(24)13-5-9-15(10-6-13)23(25)26/h1-12,22H,(H,21,24). The summed E-state index contributed by atoms with van der Waals surface area (Å²) in [6, 6.07) is 15.7. The Labute approximate surface area is 165 Å². The molecule has 29 heavy (non-hydrogen) atoms. The number of nitro groups is 1. The molecule has 3 rings (SSSR count). The highest BCUT2D eigenvalue weighted by Crippen LogP contribution is 2.21. The quantitative estimate of drug-likeness (QED) is 0.469. The summed E-state index contributed by atoms with van der Waals surface area (Å²) in [6.07, 6.45) is 0. The largest absolute Gasteiger partial charge is 0.322 e. The molecule has 0 aliphatic rings. The summed E-state index contributed by atoms with van der Waals surface area (Å²) in [6.45, 7) is 0. The molecule has 3 aromatic rings. The van der Waals surface area contributed by atoms with Gasteiger partial charge in [0.25, 0.3) is 21.6 Å². The number of benzene rings is 3. The number of carbonyl (C=O) groups excluding carboxylic acids is 1. The van der Waals surface area contributed by atoms with Gasteiger partial charge in [-0.1, -0.05) is 12.1 Å². The maximum atomic E-state index is 13.7. The lowest BCUT2D eigenvalue weighted by Gasteiger charge is -2.10. The molecule has 0 spiro atoms. The highest BCUT2D eigenvalue weighted by Gasteiger charge is 2.16. The second kappa shape index (κ2) is 8.07. The molecule has 0 saturated carbocycles. The molecule has 1 amide bonds. The molecule has 0 aromatic heterocycles. The molecule has 0 fully saturated rings. The van der Waals surface area contributed by atoms with Gasteiger partial charge < -0.3 is 5.32 Å². The lowest BCUT2D eigenvalue weighted by Crippen LogP contribution is -2.15. The van der Waals surface area contributed by atoms with E-state index in [1.54, 1.807) is 0 Å². The predicted molar refractivity (Wildman–Crippen MR) is 105 cm³/mol. The van der Waals surface area contributed by atoms with Crippen LogP contribution in [0.5, 0.6) is 0 Å². The third-order valence-corrected chi connectivity index (χ3v) is 5.26. The van der Waals surface area contributed by atoms with Gasteiger partial charge in [-0.05, 0) is 48.5 Å². The first-order chi connectivity index (χ1) is 13.8. The number of nitro benzene ring substituents is 1. The molecule has 0 unspecified atom stereocenters. The minimum atomic E-state index is -4.01. The smallest absolute Gasteiger partial charge is 0.269 e. The number of hydrogen-bond acceptors (Lipinski definition) is 5. The number of halogens is 1. The number of nitrogens with zero attached hydrogens (tertiary/aromatic N) is 1. The Morgan fingerprint density at radius 2 is 1.55 bits per heavy atom. The van der Waals surface area contributed by atoms with Gasteiger partial charge in [-0.15, -0.1) is 0 Å². The fourth-order valence-electron chi connectivity index (χ4n) is 2.40. The van der Waals surface area contributed by atoms with Crippen molar-refractivity contribution in [2.75, 3.05) is 10.0 Å². The molecular formula is C19H14FN3O5S. The molecule has 0 radical (unpaired) electrons. The Morgan fingerprint density at radius 1 is 0.931 bits per heavy atom. The third-order valence-electron chi connectivity index (χ3n) is 3.88. The molecule has 2 N–H and O–H groups in total. The molecule has 0 aliphatic heterocycles. The Morgan fingerprint density at radius 3 is 2.14 bits per heavy atom. The number of anilines is 2. The van der Waals surface area contributed by atoms with Crippen LogP contribution in [0.2, 0.25) is 0 Å². The lowest BCUT2D eigenvalue weighted by molar-refractivity contribution is -0.384. The summed E-state index contributed by atoms with van der Waals surface area (Å²) >= 11 is 0. The van der Waals surface area contributed by atoms with Crippen molar-refractivity contribution in [3.05, 3.63) is 94.3 Å². The van der Waals surface area contributed by atoms with Crippen LogP contribution in [0.4, 0.5) is 21.5 Å². The summed E-state index contributed by atoms with van der Waals surface area (Å²) in [5, 5.41) is 13.2. The van der Waals surface area contributed by atoms with E-state index in [-0.39, 0.29) is 21.8 Å². The van der Waals surface area contributed by atoms with Gasteiger partial charge in [0.2, 0.25) is 0 Å². The lowest BCUT2D eigenvalue weighted by atomic mass is 10.2. The van der Waals surface area contributed by atoms with Crippen molar-refractivity contribution in [3.8, 4) is 0 Å². The molecular weight excluding hydrogens is 401 g/mol. The number of rotatable bonds is 6. The van der Waals surface area contributed by atoms with Gasteiger partial charge >= 0.3 is 0 Å². The van der Waals surface area contributed by atoms with E-state index in [2.05, 4.69) is 10.0 Å². The Hall–Kier alpha value is -3.79. The normalized spacial score (nSPS) is 10.9. The molecule has 0 aliphatic carbocycles. The van der Waals surface area contributed by atoms with Crippen LogP contribution in [0.1, 0.15) is 10.4 Å². The Kier molecular flexibility index (Phi) is 5.55. The number of para-hydroxylation sites is 1. The highest BCUT2D eigenvalue weighted by molar-refractivity contribution is 7.92. The van der Waals surface area contributed by atoms with Gasteiger partial charge in [-0.2, -0.15) is 0 Å². The third kappa shape index (κ3) is 4.74. The van der Waals surface area contributed by atoms with E-state index in [1.165, 1.54) is 66.7 Å². The number of carbonyl (C=O) groups is 1. The van der Waals surface area contributed by atoms with Crippen LogP contribution in [-0.2, 0) is 10.0 Å². The summed E-state index contributed by atoms with van der Waals surface area (Å²) < 4.78 is 40.6. The molecule has 8 nitrogen and oxygen atoms in total. The monoisotopic (exact) mass is 415 g/mol. The second-order valence-corrected chi connectivity index (χ2v) is 7.55. The van der Waals surface area contributed by atoms with Crippen molar-refractivity contribution in [3.63, 3.8) is 0 Å². The van der Waals surface area contributed by atoms with Crippen molar-refractivity contribution in [1.82, 2.24) is 0 Å². The number of amides is 1. The minimum absolute atomic E-state index is 0.117. The summed E-state index contributed by atoms with van der Waals surface area (Å²) in [5.41, 5.74) is 0.202. The van der Waals surface area contributed by atoms with Crippen molar-refractivity contribution in [1.29, 1.82) is 0 Å². The van der Waals surface area contributed by atoms with E-state index in [0.29, 0.717) is 5.69 Å². The number of nitrogens with one attached hydrogen (secondary N) is 2. The Balaban J connectivity index is 1.71. The maximum absolute atomic E-state index is 13.7. The first-order valence-electron chi connectivity index (χ1n) is 8.19. The summed E-state index contributed by atoms with van der Waals surface area (Å²) in [4.78, 5) is 22.2. The average molecular weight is 415 g/mol. The molecule has 3 aromatic carbocycles. The van der Waals surface area contributed by atoms with Crippen LogP contribution in [-0.4, -0.2) is 19.2 Å². The van der Waals surface area contributed by atoms with Crippen LogP contribution in [0, 0.1) is 15.9 Å². The number of hydrogen-bond donors (Lipinski definition) is 2. The average Bonchev–Trinajstić information content (AvgIpc) is 2.70. The molecule has 148 valence electrons. The first kappa shape index (κ1) is 20.0. The van der Waals surface area contributed by atoms with E-state index in [0.717, 1.165) is 6.07 Å². The highest BCUT2D eigenvalue weighted by atomic mass is 32.2. The summed E-state index contributed by atoms with van der Waals surface area (Å²) in [7, 11) is -4.01. The molecule has 0 bridgehead atoms. The zero-order valence-corrected chi connectivity index (χ0v) is 15.5. The van der Waals surface area contributed by atoms with Gasteiger partial charge in [0.15, 0.2) is 0 Å². The number of non-ortho nitro benzene ring substituents is 1. The maximum Gasteiger partial charge on any atom is 0.269 e. The fourth-order valence-corrected chi connectivity index (χ4v) is 3.47. The van der Waals surface area contributed by atoms with Crippen molar-refractivity contribution in [2.45, 2.75) is 4.90 Å². The van der Waals surface area contributed by atoms with Gasteiger partial charge in [-0.3, -0.25) is 19.6 Å². The van der Waals surface area contributed by atoms with Gasteiger partial charge in [0.1, 0.15) is 5.82 Å². The van der Waals surface area contributed by atoms with Crippen molar-refractivity contribution < 1.29 is 22.5 Å². The van der Waals surface area contributed by atoms with Gasteiger partial charge in [0.05, 0.1) is 15.5 Å². The van der Waals surface area contributed by atoms with Gasteiger partial charge in [-0.25, -0.2) is 12.8 Å². The van der Waals surface area contributed by atoms with E-state index in [9.17, 15) is 27.7 Å². The van der Waals surface area contributed by atoms with Crippen LogP contribution in [0.25, 0.3) is 0 Å². The first-order valence-corrected chi connectivity index (χ1v) is 9.68. The van der Waals surface area contributed by atoms with Crippen LogP contribution < -0.4 is 10.0 Å². The molecule has 10 heteroatoms. The second-order valence-electron chi connectivity index (χ2n) is 5.87. The fraction of sp³-hybridized carbons (Fsp3) is 0. The van der Waals surface area contributed by atoms with E-state index >= 15 is 0 Å². The zero-order valence-electron chi connectivity index (χ0n) is 14.7. The van der Waals surface area contributed by atoms with E-state index in [1.807, 2.05) is 0 Å². The van der Waals surface area contributed by atoms with Crippen LogP contribution in [0.15, 0.2) is 77.7 Å². The molecule has 0 saturated heterocycles. The SMILES string of the molecule is O=C(Nc1ccc(S(=O)(=O)Nc2ccccc2F)cc1)c1ccc([N+](=O)[O-])cc1. The van der Waals surface area contributed by atoms with Crippen molar-refractivity contribution in [2.24, 2.45) is 0 Å². The van der Waals surface area contributed by atoms with Crippen LogP contribution in [0.3, 0.4) is 0 Å². The predicted octanol–water partition coefficient (Wildman–Crippen LogP) is 3.79. The Bertz CT molecular complexity index is 1160. The minimum Gasteiger partial charge on any atom is -0.322 e. The molecule has 0 heterocycles. The molecule has 0 atom stereocenters. The van der Waals surface area contributed by atoms with Gasteiger partial charge in [0, 0.05) is 23.4 Å².